The number of aromatic nitrogens is 2. The van der Waals surface area contributed by atoms with E-state index in [0.29, 0.717) is 39.6 Å². The minimum absolute atomic E-state index is 0.170. The standard InChI is InChI=1S/C21H16ClFN4O2S/c1-28-10-17-21(27-20(24)30-17)13-7-11(12-3-2-6-25-19(12)23)4-5-15(13)29-16-9-26-18(22)8-14(16)21/h2-9,17H,10H2,1H3,(H2,24,27)/t17?,21-/m1/s1. The van der Waals surface area contributed by atoms with Gasteiger partial charge in [0.05, 0.1) is 18.1 Å². The van der Waals surface area contributed by atoms with Gasteiger partial charge >= 0.3 is 0 Å². The Morgan fingerprint density at radius 3 is 2.87 bits per heavy atom. The van der Waals surface area contributed by atoms with E-state index < -0.39 is 11.5 Å². The maximum Gasteiger partial charge on any atom is 0.220 e. The van der Waals surface area contributed by atoms with Crippen LogP contribution in [0.3, 0.4) is 0 Å². The third kappa shape index (κ3) is 2.86. The second-order valence-corrected chi connectivity index (χ2v) is 8.55. The predicted molar refractivity (Wildman–Crippen MR) is 115 cm³/mol. The molecule has 1 unspecified atom stereocenters. The number of thioether (sulfide) groups is 1. The number of aliphatic imine (C=N–C) groups is 1. The van der Waals surface area contributed by atoms with Crippen LogP contribution in [0.4, 0.5) is 4.39 Å². The lowest BCUT2D eigenvalue weighted by Gasteiger charge is -2.38. The van der Waals surface area contributed by atoms with Gasteiger partial charge in [-0.3, -0.25) is 0 Å². The SMILES string of the molecule is COCC1SC(N)=N[C@@]12c1cc(-c3cccnc3F)ccc1Oc1cnc(Cl)cc12. The Kier molecular flexibility index (Phi) is 4.65. The van der Waals surface area contributed by atoms with Crippen LogP contribution in [-0.2, 0) is 10.3 Å². The fourth-order valence-corrected chi connectivity index (χ4v) is 5.35. The summed E-state index contributed by atoms with van der Waals surface area (Å²) in [7, 11) is 1.63. The Bertz CT molecular complexity index is 1190. The second kappa shape index (κ2) is 7.23. The summed E-state index contributed by atoms with van der Waals surface area (Å²) in [5.74, 6) is 0.598. The molecule has 0 radical (unpaired) electrons. The molecule has 2 aliphatic rings. The van der Waals surface area contributed by atoms with Crippen LogP contribution in [0.5, 0.6) is 11.5 Å². The number of methoxy groups -OCH3 is 1. The largest absolute Gasteiger partial charge is 0.455 e. The van der Waals surface area contributed by atoms with Crippen LogP contribution >= 0.6 is 23.4 Å². The van der Waals surface area contributed by atoms with Gasteiger partial charge in [0, 0.05) is 30.0 Å². The third-order valence-corrected chi connectivity index (χ3v) is 6.56. The Balaban J connectivity index is 1.79. The molecule has 0 aliphatic carbocycles. The smallest absolute Gasteiger partial charge is 0.220 e. The number of rotatable bonds is 3. The number of ether oxygens (including phenoxy) is 2. The number of nitrogens with two attached hydrogens (primary N) is 1. The fraction of sp³-hybridized carbons (Fsp3) is 0.190. The minimum Gasteiger partial charge on any atom is -0.455 e. The quantitative estimate of drug-likeness (QED) is 0.607. The van der Waals surface area contributed by atoms with Gasteiger partial charge in [-0.25, -0.2) is 15.0 Å². The van der Waals surface area contributed by atoms with Crippen LogP contribution in [-0.4, -0.2) is 34.1 Å². The van der Waals surface area contributed by atoms with Crippen LogP contribution in [0.2, 0.25) is 5.15 Å². The van der Waals surface area contributed by atoms with Crippen LogP contribution in [0.25, 0.3) is 11.1 Å². The molecule has 0 fully saturated rings. The lowest BCUT2D eigenvalue weighted by atomic mass is 9.77. The van der Waals surface area contributed by atoms with Crippen LogP contribution < -0.4 is 10.5 Å². The molecule has 152 valence electrons. The van der Waals surface area contributed by atoms with Gasteiger partial charge < -0.3 is 15.2 Å². The van der Waals surface area contributed by atoms with Crippen molar-refractivity contribution in [2.45, 2.75) is 10.8 Å². The molecule has 2 aromatic heterocycles. The summed E-state index contributed by atoms with van der Waals surface area (Å²) >= 11 is 7.66. The van der Waals surface area contributed by atoms with Crippen molar-refractivity contribution in [1.82, 2.24) is 9.97 Å². The van der Waals surface area contributed by atoms with Gasteiger partial charge in [0.2, 0.25) is 5.95 Å². The summed E-state index contributed by atoms with van der Waals surface area (Å²) in [6.45, 7) is 0.388. The first-order valence-electron chi connectivity index (χ1n) is 9.13. The number of nitrogens with zero attached hydrogens (tertiary/aromatic N) is 3. The minimum atomic E-state index is -0.908. The van der Waals surface area contributed by atoms with Gasteiger partial charge in [-0.1, -0.05) is 29.4 Å². The molecule has 0 bridgehead atoms. The van der Waals surface area contributed by atoms with Gasteiger partial charge in [0.15, 0.2) is 10.9 Å². The maximum atomic E-state index is 14.4. The van der Waals surface area contributed by atoms with Crippen molar-refractivity contribution in [1.29, 1.82) is 0 Å². The molecule has 3 aromatic rings. The fourth-order valence-electron chi connectivity index (χ4n) is 4.02. The van der Waals surface area contributed by atoms with Crippen molar-refractivity contribution in [2.75, 3.05) is 13.7 Å². The highest BCUT2D eigenvalue weighted by Gasteiger charge is 2.53. The highest BCUT2D eigenvalue weighted by molar-refractivity contribution is 8.14. The zero-order chi connectivity index (χ0) is 20.9. The summed E-state index contributed by atoms with van der Waals surface area (Å²) in [5.41, 5.74) is 7.83. The number of hydrogen-bond acceptors (Lipinski definition) is 7. The molecule has 2 aliphatic heterocycles. The highest BCUT2D eigenvalue weighted by Crippen LogP contribution is 2.57. The van der Waals surface area contributed by atoms with Crippen molar-refractivity contribution in [2.24, 2.45) is 10.7 Å². The van der Waals surface area contributed by atoms with E-state index in [1.807, 2.05) is 6.07 Å². The number of fused-ring (bicyclic) bond motifs is 4. The van der Waals surface area contributed by atoms with Crippen molar-refractivity contribution in [3.05, 3.63) is 71.0 Å². The Morgan fingerprint density at radius 1 is 1.23 bits per heavy atom. The molecule has 1 spiro atoms. The Labute approximate surface area is 181 Å². The van der Waals surface area contributed by atoms with Gasteiger partial charge in [-0.15, -0.1) is 0 Å². The first-order chi connectivity index (χ1) is 14.5. The molecule has 4 heterocycles. The molecule has 5 rings (SSSR count). The number of pyridine rings is 2. The predicted octanol–water partition coefficient (Wildman–Crippen LogP) is 4.36. The third-order valence-electron chi connectivity index (χ3n) is 5.26. The average molecular weight is 443 g/mol. The molecule has 0 amide bonds. The van der Waals surface area contributed by atoms with Crippen LogP contribution in [0.1, 0.15) is 11.1 Å². The Morgan fingerprint density at radius 2 is 2.07 bits per heavy atom. The first kappa shape index (κ1) is 19.3. The maximum absolute atomic E-state index is 14.4. The van der Waals surface area contributed by atoms with E-state index in [1.54, 1.807) is 43.6 Å². The molecule has 9 heteroatoms. The van der Waals surface area contributed by atoms with Crippen molar-refractivity contribution >= 4 is 28.5 Å². The number of benzene rings is 1. The van der Waals surface area contributed by atoms with Crippen molar-refractivity contribution < 1.29 is 13.9 Å². The summed E-state index contributed by atoms with van der Waals surface area (Å²) < 4.78 is 26.0. The first-order valence-corrected chi connectivity index (χ1v) is 10.4. The summed E-state index contributed by atoms with van der Waals surface area (Å²) in [6.07, 6.45) is 3.00. The molecule has 1 aromatic carbocycles. The van der Waals surface area contributed by atoms with E-state index in [4.69, 9.17) is 31.8 Å². The lowest BCUT2D eigenvalue weighted by Crippen LogP contribution is -2.39. The lowest BCUT2D eigenvalue weighted by molar-refractivity contribution is 0.181. The van der Waals surface area contributed by atoms with Gasteiger partial charge in [0.1, 0.15) is 16.4 Å². The van der Waals surface area contributed by atoms with E-state index in [9.17, 15) is 4.39 Å². The van der Waals surface area contributed by atoms with Crippen LogP contribution in [0, 0.1) is 5.95 Å². The van der Waals surface area contributed by atoms with Crippen molar-refractivity contribution in [3.63, 3.8) is 0 Å². The van der Waals surface area contributed by atoms with Gasteiger partial charge in [0.25, 0.3) is 0 Å². The van der Waals surface area contributed by atoms with E-state index in [1.165, 1.54) is 18.0 Å². The second-order valence-electron chi connectivity index (χ2n) is 6.94. The summed E-state index contributed by atoms with van der Waals surface area (Å²) in [6, 6.07) is 10.6. The Hall–Kier alpha value is -2.68. The highest BCUT2D eigenvalue weighted by atomic mass is 35.5. The molecule has 2 atom stereocenters. The zero-order valence-corrected chi connectivity index (χ0v) is 17.4. The molecule has 2 N–H and O–H groups in total. The van der Waals surface area contributed by atoms with E-state index in [2.05, 4.69) is 9.97 Å². The topological polar surface area (TPSA) is 82.6 Å². The molecule has 6 nitrogen and oxygen atoms in total. The molecular formula is C21H16ClFN4O2S. The summed E-state index contributed by atoms with van der Waals surface area (Å²) in [5, 5.41) is 0.578. The average Bonchev–Trinajstić information content (AvgIpc) is 3.06. The van der Waals surface area contributed by atoms with E-state index in [0.717, 1.165) is 11.1 Å². The molecule has 30 heavy (non-hydrogen) atoms. The number of halogens is 2. The van der Waals surface area contributed by atoms with Gasteiger partial charge in [-0.2, -0.15) is 4.39 Å². The van der Waals surface area contributed by atoms with Crippen molar-refractivity contribution in [3.8, 4) is 22.6 Å². The molecule has 0 saturated heterocycles. The monoisotopic (exact) mass is 442 g/mol. The van der Waals surface area contributed by atoms with Crippen LogP contribution in [0.15, 0.2) is 53.8 Å². The normalized spacial score (nSPS) is 21.7. The van der Waals surface area contributed by atoms with Gasteiger partial charge in [-0.05, 0) is 35.9 Å². The zero-order valence-electron chi connectivity index (χ0n) is 15.8. The number of amidine groups is 1. The van der Waals surface area contributed by atoms with E-state index in [-0.39, 0.29) is 5.25 Å². The number of hydrogen-bond donors (Lipinski definition) is 1. The molecule has 0 saturated carbocycles. The summed E-state index contributed by atoms with van der Waals surface area (Å²) in [4.78, 5) is 12.8. The molecular weight excluding hydrogens is 427 g/mol. The van der Waals surface area contributed by atoms with E-state index >= 15 is 0 Å².